The number of aromatic nitrogens is 1. The number of aromatic carboxylic acids is 1. The van der Waals surface area contributed by atoms with Crippen molar-refractivity contribution >= 4 is 34.7 Å². The zero-order valence-electron chi connectivity index (χ0n) is 17.0. The first-order valence-corrected chi connectivity index (χ1v) is 9.59. The third-order valence-electron chi connectivity index (χ3n) is 4.99. The van der Waals surface area contributed by atoms with Crippen LogP contribution in [0, 0.1) is 6.92 Å². The molecule has 156 valence electrons. The van der Waals surface area contributed by atoms with Crippen LogP contribution in [0.1, 0.15) is 37.8 Å². The summed E-state index contributed by atoms with van der Waals surface area (Å²) in [6.07, 6.45) is 3.70. The number of aryl methyl sites for hydroxylation is 1. The minimum atomic E-state index is -1.10. The summed E-state index contributed by atoms with van der Waals surface area (Å²) in [6, 6.07) is 16.2. The summed E-state index contributed by atoms with van der Waals surface area (Å²) in [4.78, 5) is 27.5. The highest BCUT2D eigenvalue weighted by molar-refractivity contribution is 6.00. The lowest BCUT2D eigenvalue weighted by atomic mass is 10.1. The quantitative estimate of drug-likeness (QED) is 0.359. The van der Waals surface area contributed by atoms with E-state index in [0.717, 1.165) is 22.0 Å². The van der Waals surface area contributed by atoms with Crippen LogP contribution in [0.5, 0.6) is 0 Å². The minimum Gasteiger partial charge on any atom is -0.475 e. The fourth-order valence-corrected chi connectivity index (χ4v) is 3.39. The van der Waals surface area contributed by atoms with Crippen LogP contribution in [0.4, 0.5) is 5.69 Å². The second-order valence-electron chi connectivity index (χ2n) is 7.05. The van der Waals surface area contributed by atoms with Gasteiger partial charge in [-0.1, -0.05) is 24.3 Å². The Morgan fingerprint density at radius 3 is 2.71 bits per heavy atom. The minimum absolute atomic E-state index is 0.0887. The maximum absolute atomic E-state index is 11.8. The average molecular weight is 416 g/mol. The molecule has 7 nitrogen and oxygen atoms in total. The summed E-state index contributed by atoms with van der Waals surface area (Å²) in [5.41, 5.74) is 3.91. The molecule has 31 heavy (non-hydrogen) atoms. The first-order chi connectivity index (χ1) is 15.0. The molecule has 0 amide bonds. The maximum Gasteiger partial charge on any atom is 0.371 e. The number of para-hydroxylation sites is 1. The van der Waals surface area contributed by atoms with Crippen molar-refractivity contribution in [1.29, 1.82) is 0 Å². The lowest BCUT2D eigenvalue weighted by molar-refractivity contribution is 0.0599. The Labute approximate surface area is 178 Å². The summed E-state index contributed by atoms with van der Waals surface area (Å²) in [5.74, 6) is -1.05. The first-order valence-electron chi connectivity index (χ1n) is 9.59. The SMILES string of the molecule is COC(=O)c1ccc(C)c(N=Cc2cn(Cc3ccc(C(=O)O)o3)c3ccccc23)c1. The molecule has 0 aliphatic heterocycles. The zero-order valence-corrected chi connectivity index (χ0v) is 17.0. The summed E-state index contributed by atoms with van der Waals surface area (Å²) in [5, 5.41) is 10.1. The molecule has 2 heterocycles. The Morgan fingerprint density at radius 2 is 1.97 bits per heavy atom. The molecule has 2 aromatic carbocycles. The van der Waals surface area contributed by atoms with Crippen molar-refractivity contribution in [1.82, 2.24) is 4.57 Å². The Balaban J connectivity index is 1.69. The topological polar surface area (TPSA) is 94.0 Å². The highest BCUT2D eigenvalue weighted by atomic mass is 16.5. The van der Waals surface area contributed by atoms with Crippen LogP contribution in [0.2, 0.25) is 0 Å². The van der Waals surface area contributed by atoms with Crippen molar-refractivity contribution in [3.05, 3.63) is 89.0 Å². The van der Waals surface area contributed by atoms with Gasteiger partial charge in [0.05, 0.1) is 24.9 Å². The number of benzene rings is 2. The lowest BCUT2D eigenvalue weighted by Gasteiger charge is -2.03. The number of fused-ring (bicyclic) bond motifs is 1. The van der Waals surface area contributed by atoms with Gasteiger partial charge in [-0.3, -0.25) is 4.99 Å². The van der Waals surface area contributed by atoms with Crippen LogP contribution in [0.25, 0.3) is 10.9 Å². The Morgan fingerprint density at radius 1 is 1.16 bits per heavy atom. The van der Waals surface area contributed by atoms with Gasteiger partial charge in [0.2, 0.25) is 5.76 Å². The van der Waals surface area contributed by atoms with Crippen molar-refractivity contribution in [3.8, 4) is 0 Å². The number of hydrogen-bond donors (Lipinski definition) is 1. The van der Waals surface area contributed by atoms with Gasteiger partial charge < -0.3 is 18.8 Å². The molecule has 0 aliphatic rings. The van der Waals surface area contributed by atoms with E-state index in [-0.39, 0.29) is 5.76 Å². The van der Waals surface area contributed by atoms with Crippen LogP contribution in [0.15, 0.2) is 70.2 Å². The number of carboxylic acid groups (broad SMARTS) is 1. The first kappa shape index (κ1) is 20.2. The van der Waals surface area contributed by atoms with E-state index in [4.69, 9.17) is 14.3 Å². The van der Waals surface area contributed by atoms with Crippen LogP contribution >= 0.6 is 0 Å². The lowest BCUT2D eigenvalue weighted by Crippen LogP contribution is -2.00. The van der Waals surface area contributed by atoms with Gasteiger partial charge in [0.15, 0.2) is 0 Å². The summed E-state index contributed by atoms with van der Waals surface area (Å²) in [7, 11) is 1.35. The van der Waals surface area contributed by atoms with Crippen molar-refractivity contribution in [2.24, 2.45) is 4.99 Å². The van der Waals surface area contributed by atoms with E-state index in [1.54, 1.807) is 24.4 Å². The molecule has 2 aromatic heterocycles. The van der Waals surface area contributed by atoms with E-state index in [2.05, 4.69) is 4.99 Å². The van der Waals surface area contributed by atoms with Gasteiger partial charge in [-0.2, -0.15) is 0 Å². The molecule has 0 saturated carbocycles. The number of rotatable bonds is 6. The molecular weight excluding hydrogens is 396 g/mol. The van der Waals surface area contributed by atoms with Crippen LogP contribution < -0.4 is 0 Å². The number of hydrogen-bond acceptors (Lipinski definition) is 5. The van der Waals surface area contributed by atoms with Gasteiger partial charge in [0, 0.05) is 28.9 Å². The molecule has 0 bridgehead atoms. The normalized spacial score (nSPS) is 11.3. The Hall–Kier alpha value is -4.13. The molecule has 0 aliphatic carbocycles. The molecule has 0 unspecified atom stereocenters. The fraction of sp³-hybridized carbons (Fsp3) is 0.125. The number of carbonyl (C=O) groups excluding carboxylic acids is 1. The third-order valence-corrected chi connectivity index (χ3v) is 4.99. The van der Waals surface area contributed by atoms with Crippen molar-refractivity contribution in [3.63, 3.8) is 0 Å². The standard InChI is InChI=1S/C24H20N2O5/c1-15-7-8-16(24(29)30-2)11-20(15)25-12-17-13-26(21-6-4-3-5-19(17)21)14-18-9-10-22(31-18)23(27)28/h3-13H,14H2,1-2H3,(H,27,28). The smallest absolute Gasteiger partial charge is 0.371 e. The second-order valence-corrected chi connectivity index (χ2v) is 7.05. The summed E-state index contributed by atoms with van der Waals surface area (Å²) in [6.45, 7) is 2.31. The highest BCUT2D eigenvalue weighted by Crippen LogP contribution is 2.24. The Kier molecular flexibility index (Phi) is 5.41. The predicted molar refractivity (Wildman–Crippen MR) is 116 cm³/mol. The van der Waals surface area contributed by atoms with E-state index in [9.17, 15) is 9.59 Å². The largest absolute Gasteiger partial charge is 0.475 e. The van der Waals surface area contributed by atoms with Gasteiger partial charge >= 0.3 is 11.9 Å². The van der Waals surface area contributed by atoms with E-state index >= 15 is 0 Å². The molecule has 4 aromatic rings. The molecule has 0 radical (unpaired) electrons. The molecule has 0 fully saturated rings. The molecule has 0 atom stereocenters. The monoisotopic (exact) mass is 416 g/mol. The molecule has 1 N–H and O–H groups in total. The molecule has 7 heteroatoms. The zero-order chi connectivity index (χ0) is 22.0. The number of aliphatic imine (C=N–C) groups is 1. The van der Waals surface area contributed by atoms with Gasteiger partial charge in [-0.15, -0.1) is 0 Å². The number of nitrogens with zero attached hydrogens (tertiary/aromatic N) is 2. The van der Waals surface area contributed by atoms with E-state index < -0.39 is 11.9 Å². The van der Waals surface area contributed by atoms with Gasteiger partial charge in [-0.05, 0) is 42.8 Å². The van der Waals surface area contributed by atoms with Crippen molar-refractivity contribution in [2.45, 2.75) is 13.5 Å². The Bertz CT molecular complexity index is 1310. The van der Waals surface area contributed by atoms with E-state index in [1.807, 2.05) is 48.0 Å². The number of carbonyl (C=O) groups is 2. The number of esters is 1. The third kappa shape index (κ3) is 4.11. The van der Waals surface area contributed by atoms with E-state index in [1.165, 1.54) is 13.2 Å². The maximum atomic E-state index is 11.8. The van der Waals surface area contributed by atoms with Gasteiger partial charge in [0.25, 0.3) is 0 Å². The van der Waals surface area contributed by atoms with Crippen molar-refractivity contribution < 1.29 is 23.8 Å². The van der Waals surface area contributed by atoms with Crippen LogP contribution in [0.3, 0.4) is 0 Å². The van der Waals surface area contributed by atoms with Crippen LogP contribution in [-0.2, 0) is 11.3 Å². The average Bonchev–Trinajstić information content (AvgIpc) is 3.38. The summed E-state index contributed by atoms with van der Waals surface area (Å²) < 4.78 is 12.2. The van der Waals surface area contributed by atoms with Crippen LogP contribution in [-0.4, -0.2) is 34.9 Å². The molecular formula is C24H20N2O5. The number of furan rings is 1. The summed E-state index contributed by atoms with van der Waals surface area (Å²) >= 11 is 0. The van der Waals surface area contributed by atoms with E-state index in [0.29, 0.717) is 23.6 Å². The van der Waals surface area contributed by atoms with Crippen molar-refractivity contribution in [2.75, 3.05) is 7.11 Å². The number of carboxylic acids is 1. The molecule has 0 saturated heterocycles. The fourth-order valence-electron chi connectivity index (χ4n) is 3.39. The van der Waals surface area contributed by atoms with Gasteiger partial charge in [-0.25, -0.2) is 9.59 Å². The molecule has 0 spiro atoms. The number of methoxy groups -OCH3 is 1. The highest BCUT2D eigenvalue weighted by Gasteiger charge is 2.12. The van der Waals surface area contributed by atoms with Gasteiger partial charge in [0.1, 0.15) is 5.76 Å². The number of ether oxygens (including phenoxy) is 1. The molecule has 4 rings (SSSR count). The predicted octanol–water partition coefficient (Wildman–Crippen LogP) is 4.83. The second kappa shape index (κ2) is 8.31.